The number of fused-ring (bicyclic) bond motifs is 1. The molecule has 1 aromatic heterocycles. The van der Waals surface area contributed by atoms with Gasteiger partial charge in [-0.1, -0.05) is 57.6 Å². The standard InChI is InChI=1S/C16H8Cl4F2N2O3/c17-7-4-8(12-9(21)2-1-3-10(12)22)13-11(5-7)27-23-14(13)24(15(25)26)6-16(18,19)20/h1-5H,6H2,(H,25,26). The van der Waals surface area contributed by atoms with Gasteiger partial charge in [0.05, 0.1) is 17.5 Å². The molecule has 0 aliphatic heterocycles. The highest BCUT2D eigenvalue weighted by Crippen LogP contribution is 2.41. The molecule has 3 rings (SSSR count). The summed E-state index contributed by atoms with van der Waals surface area (Å²) in [4.78, 5) is 12.3. The van der Waals surface area contributed by atoms with Crippen molar-refractivity contribution in [2.24, 2.45) is 0 Å². The zero-order chi connectivity index (χ0) is 19.9. The fourth-order valence-corrected chi connectivity index (χ4v) is 3.14. The van der Waals surface area contributed by atoms with E-state index in [1.807, 2.05) is 0 Å². The first-order chi connectivity index (χ1) is 12.6. The molecule has 0 aliphatic carbocycles. The number of halogens is 6. The number of carboxylic acid groups (broad SMARTS) is 1. The van der Waals surface area contributed by atoms with Crippen molar-refractivity contribution in [1.29, 1.82) is 0 Å². The third-order valence-corrected chi connectivity index (χ3v) is 4.15. The molecular weight excluding hydrogens is 448 g/mol. The molecule has 0 fully saturated rings. The summed E-state index contributed by atoms with van der Waals surface area (Å²) in [5.41, 5.74) is -0.473. The smallest absolute Gasteiger partial charge is 0.413 e. The summed E-state index contributed by atoms with van der Waals surface area (Å²) in [6, 6.07) is 5.88. The Kier molecular flexibility index (Phi) is 5.40. The van der Waals surface area contributed by atoms with E-state index < -0.39 is 33.6 Å². The topological polar surface area (TPSA) is 66.6 Å². The summed E-state index contributed by atoms with van der Waals surface area (Å²) in [6.45, 7) is -0.601. The lowest BCUT2D eigenvalue weighted by Gasteiger charge is -2.21. The molecule has 0 atom stereocenters. The second kappa shape index (κ2) is 7.31. The van der Waals surface area contributed by atoms with Gasteiger partial charge in [-0.3, -0.25) is 4.90 Å². The van der Waals surface area contributed by atoms with Crippen molar-refractivity contribution in [3.63, 3.8) is 0 Å². The van der Waals surface area contributed by atoms with Crippen molar-refractivity contribution in [2.75, 3.05) is 11.4 Å². The molecule has 0 bridgehead atoms. The zero-order valence-electron chi connectivity index (χ0n) is 13.0. The number of alkyl halides is 3. The minimum absolute atomic E-state index is 0.0000463. The SMILES string of the molecule is O=C(O)N(CC(Cl)(Cl)Cl)c1noc2cc(Cl)cc(-c3c(F)cccc3F)c12. The van der Waals surface area contributed by atoms with Gasteiger partial charge in [0.2, 0.25) is 3.79 Å². The van der Waals surface area contributed by atoms with Gasteiger partial charge in [0.25, 0.3) is 0 Å². The maximum absolute atomic E-state index is 14.3. The van der Waals surface area contributed by atoms with Gasteiger partial charge in [-0.05, 0) is 18.2 Å². The Morgan fingerprint density at radius 2 is 1.85 bits per heavy atom. The summed E-state index contributed by atoms with van der Waals surface area (Å²) in [5.74, 6) is -2.05. The lowest BCUT2D eigenvalue weighted by Crippen LogP contribution is -2.37. The van der Waals surface area contributed by atoms with Crippen LogP contribution >= 0.6 is 46.4 Å². The minimum Gasteiger partial charge on any atom is -0.465 e. The number of hydrogen-bond donors (Lipinski definition) is 1. The largest absolute Gasteiger partial charge is 0.465 e. The predicted octanol–water partition coefficient (Wildman–Crippen LogP) is 6.28. The molecule has 27 heavy (non-hydrogen) atoms. The van der Waals surface area contributed by atoms with E-state index >= 15 is 0 Å². The fourth-order valence-electron chi connectivity index (χ4n) is 2.57. The van der Waals surface area contributed by atoms with Crippen LogP contribution in [0, 0.1) is 11.6 Å². The lowest BCUT2D eigenvalue weighted by molar-refractivity contribution is 0.201. The van der Waals surface area contributed by atoms with E-state index in [9.17, 15) is 18.7 Å². The molecule has 1 amide bonds. The quantitative estimate of drug-likeness (QED) is 0.472. The van der Waals surface area contributed by atoms with Gasteiger partial charge in [-0.25, -0.2) is 13.6 Å². The van der Waals surface area contributed by atoms with Crippen LogP contribution in [-0.4, -0.2) is 26.7 Å². The normalized spacial score (nSPS) is 11.8. The van der Waals surface area contributed by atoms with Crippen LogP contribution in [0.1, 0.15) is 0 Å². The van der Waals surface area contributed by atoms with E-state index in [4.69, 9.17) is 50.9 Å². The number of carbonyl (C=O) groups is 1. The fraction of sp³-hybridized carbons (Fsp3) is 0.125. The summed E-state index contributed by atoms with van der Waals surface area (Å²) in [6.07, 6.45) is -1.51. The molecule has 11 heteroatoms. The van der Waals surface area contributed by atoms with Crippen molar-refractivity contribution >= 4 is 69.3 Å². The van der Waals surface area contributed by atoms with Gasteiger partial charge in [0, 0.05) is 16.7 Å². The average molecular weight is 456 g/mol. The van der Waals surface area contributed by atoms with Crippen LogP contribution in [0.5, 0.6) is 0 Å². The van der Waals surface area contributed by atoms with Crippen LogP contribution in [0.2, 0.25) is 5.02 Å². The summed E-state index contributed by atoms with van der Waals surface area (Å²) >= 11 is 23.1. The molecule has 0 saturated heterocycles. The Balaban J connectivity index is 2.33. The average Bonchev–Trinajstić information content (AvgIpc) is 2.94. The highest BCUT2D eigenvalue weighted by Gasteiger charge is 2.32. The van der Waals surface area contributed by atoms with Crippen LogP contribution in [0.25, 0.3) is 22.1 Å². The maximum atomic E-state index is 14.3. The Morgan fingerprint density at radius 3 is 2.41 bits per heavy atom. The van der Waals surface area contributed by atoms with Gasteiger partial charge < -0.3 is 9.63 Å². The van der Waals surface area contributed by atoms with Crippen LogP contribution in [0.3, 0.4) is 0 Å². The zero-order valence-corrected chi connectivity index (χ0v) is 16.0. The third-order valence-electron chi connectivity index (χ3n) is 3.58. The van der Waals surface area contributed by atoms with Gasteiger partial charge >= 0.3 is 6.09 Å². The first-order valence-electron chi connectivity index (χ1n) is 7.19. The lowest BCUT2D eigenvalue weighted by atomic mass is 10.00. The molecule has 1 heterocycles. The number of amides is 1. The van der Waals surface area contributed by atoms with Crippen molar-refractivity contribution in [2.45, 2.75) is 3.79 Å². The van der Waals surface area contributed by atoms with E-state index in [-0.39, 0.29) is 27.4 Å². The highest BCUT2D eigenvalue weighted by atomic mass is 35.6. The van der Waals surface area contributed by atoms with Gasteiger partial charge in [-0.15, -0.1) is 0 Å². The highest BCUT2D eigenvalue weighted by molar-refractivity contribution is 6.68. The first kappa shape index (κ1) is 19.9. The Bertz CT molecular complexity index is 1020. The molecule has 5 nitrogen and oxygen atoms in total. The van der Waals surface area contributed by atoms with Crippen LogP contribution < -0.4 is 4.90 Å². The van der Waals surface area contributed by atoms with Gasteiger partial charge in [0.15, 0.2) is 11.4 Å². The van der Waals surface area contributed by atoms with Gasteiger partial charge in [0.1, 0.15) is 11.6 Å². The van der Waals surface area contributed by atoms with E-state index in [1.165, 1.54) is 18.2 Å². The second-order valence-corrected chi connectivity index (χ2v) is 8.37. The Labute approximate surface area is 170 Å². The molecule has 0 saturated carbocycles. The molecule has 0 unspecified atom stereocenters. The first-order valence-corrected chi connectivity index (χ1v) is 8.70. The molecule has 1 N–H and O–H groups in total. The summed E-state index contributed by atoms with van der Waals surface area (Å²) < 4.78 is 31.8. The second-order valence-electron chi connectivity index (χ2n) is 5.41. The van der Waals surface area contributed by atoms with Crippen LogP contribution in [0.15, 0.2) is 34.9 Å². The van der Waals surface area contributed by atoms with Crippen LogP contribution in [-0.2, 0) is 0 Å². The number of benzene rings is 2. The van der Waals surface area contributed by atoms with Crippen molar-refractivity contribution < 1.29 is 23.2 Å². The monoisotopic (exact) mass is 454 g/mol. The van der Waals surface area contributed by atoms with E-state index in [0.29, 0.717) is 4.90 Å². The number of nitrogens with zero attached hydrogens (tertiary/aromatic N) is 2. The Morgan fingerprint density at radius 1 is 1.22 bits per heavy atom. The van der Waals surface area contributed by atoms with E-state index in [0.717, 1.165) is 12.1 Å². The molecule has 0 aliphatic rings. The molecule has 0 spiro atoms. The number of hydrogen-bond acceptors (Lipinski definition) is 3. The molecule has 0 radical (unpaired) electrons. The molecular formula is C16H8Cl4F2N2O3. The molecule has 142 valence electrons. The third kappa shape index (κ3) is 4.06. The molecule has 2 aromatic carbocycles. The number of anilines is 1. The molecule has 3 aromatic rings. The van der Waals surface area contributed by atoms with Crippen molar-refractivity contribution in [3.05, 3.63) is 47.0 Å². The number of aromatic nitrogens is 1. The van der Waals surface area contributed by atoms with Crippen LogP contribution in [0.4, 0.5) is 19.4 Å². The Hall–Kier alpha value is -1.80. The van der Waals surface area contributed by atoms with E-state index in [2.05, 4.69) is 5.16 Å². The summed E-state index contributed by atoms with van der Waals surface area (Å²) in [7, 11) is 0. The maximum Gasteiger partial charge on any atom is 0.413 e. The minimum atomic E-state index is -1.97. The van der Waals surface area contributed by atoms with Crippen molar-refractivity contribution in [3.8, 4) is 11.1 Å². The van der Waals surface area contributed by atoms with Crippen molar-refractivity contribution in [1.82, 2.24) is 5.16 Å². The predicted molar refractivity (Wildman–Crippen MR) is 100 cm³/mol. The van der Waals surface area contributed by atoms with Gasteiger partial charge in [-0.2, -0.15) is 0 Å². The number of rotatable bonds is 3. The van der Waals surface area contributed by atoms with E-state index in [1.54, 1.807) is 0 Å². The summed E-state index contributed by atoms with van der Waals surface area (Å²) in [5, 5.41) is 13.3.